The van der Waals surface area contributed by atoms with Gasteiger partial charge < -0.3 is 15.5 Å². The van der Waals surface area contributed by atoms with Crippen molar-refractivity contribution < 1.29 is 9.59 Å². The molecule has 0 radical (unpaired) electrons. The summed E-state index contributed by atoms with van der Waals surface area (Å²) in [6.45, 7) is 5.67. The number of hydrogen-bond acceptors (Lipinski definition) is 3. The van der Waals surface area contributed by atoms with Gasteiger partial charge in [0, 0.05) is 25.0 Å². The summed E-state index contributed by atoms with van der Waals surface area (Å²) in [5.74, 6) is 0.0686. The van der Waals surface area contributed by atoms with Crippen LogP contribution in [0.25, 0.3) is 0 Å². The van der Waals surface area contributed by atoms with Crippen molar-refractivity contribution in [3.63, 3.8) is 0 Å². The van der Waals surface area contributed by atoms with Crippen molar-refractivity contribution in [1.29, 1.82) is 0 Å². The smallest absolute Gasteiger partial charge is 0.243 e. The van der Waals surface area contributed by atoms with E-state index in [1.54, 1.807) is 4.90 Å². The second kappa shape index (κ2) is 8.68. The number of nitrogens with zero attached hydrogens (tertiary/aromatic N) is 1. The lowest BCUT2D eigenvalue weighted by Crippen LogP contribution is -2.55. The predicted molar refractivity (Wildman–Crippen MR) is 101 cm³/mol. The third kappa shape index (κ3) is 4.73. The molecular weight excluding hydrogens is 338 g/mol. The first-order valence-corrected chi connectivity index (χ1v) is 8.93. The van der Waals surface area contributed by atoms with Gasteiger partial charge in [0.1, 0.15) is 6.04 Å². The molecule has 2 aliphatic heterocycles. The first-order valence-electron chi connectivity index (χ1n) is 8.93. The second-order valence-electron chi connectivity index (χ2n) is 7.06. The summed E-state index contributed by atoms with van der Waals surface area (Å²) in [5.41, 5.74) is 2.26. The molecule has 2 amide bonds. The Balaban J connectivity index is 0.00000225. The summed E-state index contributed by atoms with van der Waals surface area (Å²) in [6.07, 6.45) is 3.15. The molecule has 0 aromatic heterocycles. The molecule has 2 aliphatic rings. The van der Waals surface area contributed by atoms with Crippen molar-refractivity contribution in [3.8, 4) is 0 Å². The van der Waals surface area contributed by atoms with Gasteiger partial charge in [0.05, 0.1) is 0 Å². The zero-order valence-corrected chi connectivity index (χ0v) is 15.8. The van der Waals surface area contributed by atoms with Crippen molar-refractivity contribution in [2.24, 2.45) is 0 Å². The lowest BCUT2D eigenvalue weighted by Gasteiger charge is -2.33. The number of carbonyl (C=O) groups is 2. The highest BCUT2D eigenvalue weighted by Crippen LogP contribution is 2.22. The maximum absolute atomic E-state index is 12.7. The van der Waals surface area contributed by atoms with E-state index in [4.69, 9.17) is 0 Å². The highest BCUT2D eigenvalue weighted by atomic mass is 35.5. The molecule has 2 saturated heterocycles. The van der Waals surface area contributed by atoms with Crippen LogP contribution in [0.1, 0.15) is 43.7 Å². The Morgan fingerprint density at radius 2 is 2.00 bits per heavy atom. The molecule has 5 nitrogen and oxygen atoms in total. The highest BCUT2D eigenvalue weighted by molar-refractivity contribution is 5.91. The average Bonchev–Trinajstić information content (AvgIpc) is 2.93. The van der Waals surface area contributed by atoms with Gasteiger partial charge in [-0.05, 0) is 45.2 Å². The summed E-state index contributed by atoms with van der Waals surface area (Å²) in [7, 11) is 0. The molecule has 3 atom stereocenters. The normalized spacial score (nSPS) is 26.2. The molecule has 2 heterocycles. The van der Waals surface area contributed by atoms with Crippen LogP contribution in [0.15, 0.2) is 24.3 Å². The number of nitrogens with one attached hydrogen (secondary N) is 2. The number of aryl methyl sites for hydroxylation is 1. The Morgan fingerprint density at radius 3 is 2.68 bits per heavy atom. The van der Waals surface area contributed by atoms with E-state index < -0.39 is 0 Å². The molecule has 2 fully saturated rings. The van der Waals surface area contributed by atoms with E-state index >= 15 is 0 Å². The lowest BCUT2D eigenvalue weighted by atomic mass is 9.99. The van der Waals surface area contributed by atoms with E-state index in [1.165, 1.54) is 5.56 Å². The van der Waals surface area contributed by atoms with E-state index in [0.717, 1.165) is 24.9 Å². The molecule has 0 saturated carbocycles. The molecule has 0 bridgehead atoms. The van der Waals surface area contributed by atoms with Crippen LogP contribution in [-0.4, -0.2) is 41.4 Å². The first-order chi connectivity index (χ1) is 11.5. The van der Waals surface area contributed by atoms with Crippen LogP contribution in [0.5, 0.6) is 0 Å². The van der Waals surface area contributed by atoms with E-state index in [2.05, 4.69) is 17.6 Å². The minimum Gasteiger partial charge on any atom is -0.350 e. The Bertz CT molecular complexity index is 605. The topological polar surface area (TPSA) is 61.4 Å². The van der Waals surface area contributed by atoms with Crippen LogP contribution in [0.3, 0.4) is 0 Å². The van der Waals surface area contributed by atoms with Gasteiger partial charge in [-0.15, -0.1) is 12.4 Å². The van der Waals surface area contributed by atoms with Crippen molar-refractivity contribution in [3.05, 3.63) is 35.4 Å². The monoisotopic (exact) mass is 365 g/mol. The molecule has 6 heteroatoms. The molecule has 0 spiro atoms. The Morgan fingerprint density at radius 1 is 1.28 bits per heavy atom. The zero-order chi connectivity index (χ0) is 17.1. The van der Waals surface area contributed by atoms with Crippen LogP contribution in [-0.2, 0) is 16.1 Å². The molecule has 25 heavy (non-hydrogen) atoms. The number of piperidine rings is 1. The van der Waals surface area contributed by atoms with E-state index in [9.17, 15) is 9.59 Å². The fraction of sp³-hybridized carbons (Fsp3) is 0.579. The van der Waals surface area contributed by atoms with Gasteiger partial charge in [-0.1, -0.05) is 29.8 Å². The number of amides is 2. The number of likely N-dealkylation sites (tertiary alicyclic amines) is 1. The lowest BCUT2D eigenvalue weighted by molar-refractivity contribution is -0.136. The van der Waals surface area contributed by atoms with Crippen molar-refractivity contribution >= 4 is 24.2 Å². The van der Waals surface area contributed by atoms with Crippen molar-refractivity contribution in [2.45, 2.75) is 64.2 Å². The number of carbonyl (C=O) groups excluding carboxylic acids is 2. The molecular formula is C19H28ClN3O2. The number of rotatable bonds is 4. The first kappa shape index (κ1) is 19.7. The van der Waals surface area contributed by atoms with Gasteiger partial charge in [-0.2, -0.15) is 0 Å². The Hall–Kier alpha value is -1.59. The highest BCUT2D eigenvalue weighted by Gasteiger charge is 2.37. The van der Waals surface area contributed by atoms with Gasteiger partial charge in [0.2, 0.25) is 11.8 Å². The van der Waals surface area contributed by atoms with E-state index in [0.29, 0.717) is 19.4 Å². The number of halogens is 1. The fourth-order valence-corrected chi connectivity index (χ4v) is 3.61. The van der Waals surface area contributed by atoms with Gasteiger partial charge in [-0.25, -0.2) is 0 Å². The van der Waals surface area contributed by atoms with Gasteiger partial charge >= 0.3 is 0 Å². The summed E-state index contributed by atoms with van der Waals surface area (Å²) in [5, 5.41) is 6.56. The van der Waals surface area contributed by atoms with Crippen molar-refractivity contribution in [1.82, 2.24) is 15.5 Å². The summed E-state index contributed by atoms with van der Waals surface area (Å²) < 4.78 is 0. The molecule has 138 valence electrons. The SMILES string of the molecule is Cc1ccc(CN2C(=O)CCC2C(=O)NC2CCCNC2C)cc1.Cl. The third-order valence-corrected chi connectivity index (χ3v) is 5.19. The molecule has 2 N–H and O–H groups in total. The fourth-order valence-electron chi connectivity index (χ4n) is 3.61. The van der Waals surface area contributed by atoms with Crippen LogP contribution >= 0.6 is 12.4 Å². The van der Waals surface area contributed by atoms with Crippen LogP contribution < -0.4 is 10.6 Å². The number of benzene rings is 1. The number of hydrogen-bond donors (Lipinski definition) is 2. The van der Waals surface area contributed by atoms with Crippen LogP contribution in [0, 0.1) is 6.92 Å². The summed E-state index contributed by atoms with van der Waals surface area (Å²) in [6, 6.07) is 8.24. The maximum atomic E-state index is 12.7. The molecule has 1 aromatic carbocycles. The Labute approximate surface area is 155 Å². The minimum absolute atomic E-state index is 0. The van der Waals surface area contributed by atoms with E-state index in [1.807, 2.05) is 31.2 Å². The van der Waals surface area contributed by atoms with Gasteiger partial charge in [-0.3, -0.25) is 9.59 Å². The van der Waals surface area contributed by atoms with E-state index in [-0.39, 0.29) is 42.3 Å². The molecule has 3 rings (SSSR count). The minimum atomic E-state index is -0.340. The second-order valence-corrected chi connectivity index (χ2v) is 7.06. The van der Waals surface area contributed by atoms with Crippen LogP contribution in [0.2, 0.25) is 0 Å². The van der Waals surface area contributed by atoms with Crippen LogP contribution in [0.4, 0.5) is 0 Å². The third-order valence-electron chi connectivity index (χ3n) is 5.19. The van der Waals surface area contributed by atoms with Gasteiger partial charge in [0.25, 0.3) is 0 Å². The van der Waals surface area contributed by atoms with Gasteiger partial charge in [0.15, 0.2) is 0 Å². The maximum Gasteiger partial charge on any atom is 0.243 e. The Kier molecular flexibility index (Phi) is 6.85. The largest absolute Gasteiger partial charge is 0.350 e. The van der Waals surface area contributed by atoms with Crippen molar-refractivity contribution in [2.75, 3.05) is 6.54 Å². The molecule has 0 aliphatic carbocycles. The predicted octanol–water partition coefficient (Wildman–Crippen LogP) is 2.16. The molecule has 1 aromatic rings. The standard InChI is InChI=1S/C19H27N3O2.ClH/c1-13-5-7-15(8-6-13)12-22-17(9-10-18(22)23)19(24)21-16-4-3-11-20-14(16)2;/h5-8,14,16-17,20H,3-4,9-12H2,1-2H3,(H,21,24);1H. The summed E-state index contributed by atoms with van der Waals surface area (Å²) in [4.78, 5) is 26.7. The molecule has 3 unspecified atom stereocenters. The zero-order valence-electron chi connectivity index (χ0n) is 15.0. The quantitative estimate of drug-likeness (QED) is 0.859. The summed E-state index contributed by atoms with van der Waals surface area (Å²) >= 11 is 0. The average molecular weight is 366 g/mol.